The van der Waals surface area contributed by atoms with Crippen molar-refractivity contribution < 1.29 is 0 Å². The Labute approximate surface area is 118 Å². The zero-order chi connectivity index (χ0) is 13.9. The van der Waals surface area contributed by atoms with E-state index in [9.17, 15) is 0 Å². The number of aryl methyl sites for hydroxylation is 1. The van der Waals surface area contributed by atoms with Crippen molar-refractivity contribution >= 4 is 5.82 Å². The predicted octanol–water partition coefficient (Wildman–Crippen LogP) is 4.31. The van der Waals surface area contributed by atoms with Crippen LogP contribution in [0.5, 0.6) is 0 Å². The van der Waals surface area contributed by atoms with Gasteiger partial charge in [-0.1, -0.05) is 48.5 Å². The van der Waals surface area contributed by atoms with Gasteiger partial charge in [-0.15, -0.1) is 0 Å². The lowest BCUT2D eigenvalue weighted by molar-refractivity contribution is 1.33. The molecule has 0 aliphatic carbocycles. The summed E-state index contributed by atoms with van der Waals surface area (Å²) in [5, 5.41) is 0. The van der Waals surface area contributed by atoms with Crippen LogP contribution >= 0.6 is 0 Å². The molecule has 2 nitrogen and oxygen atoms in total. The Balaban J connectivity index is 2.07. The monoisotopic (exact) mass is 260 g/mol. The second-order valence-corrected chi connectivity index (χ2v) is 4.83. The van der Waals surface area contributed by atoms with Gasteiger partial charge in [-0.05, 0) is 41.3 Å². The van der Waals surface area contributed by atoms with Crippen LogP contribution in [0.3, 0.4) is 0 Å². The van der Waals surface area contributed by atoms with Gasteiger partial charge in [0.15, 0.2) is 0 Å². The van der Waals surface area contributed by atoms with Gasteiger partial charge in [0.05, 0.1) is 0 Å². The Morgan fingerprint density at radius 2 is 1.60 bits per heavy atom. The van der Waals surface area contributed by atoms with Gasteiger partial charge in [0.2, 0.25) is 0 Å². The summed E-state index contributed by atoms with van der Waals surface area (Å²) in [5.74, 6) is 0.569. The van der Waals surface area contributed by atoms with Gasteiger partial charge in [-0.2, -0.15) is 0 Å². The molecule has 0 aliphatic heterocycles. The van der Waals surface area contributed by atoms with E-state index in [2.05, 4.69) is 54.4 Å². The summed E-state index contributed by atoms with van der Waals surface area (Å²) in [6.45, 7) is 2.12. The maximum atomic E-state index is 5.94. The first-order valence-electron chi connectivity index (χ1n) is 6.62. The fraction of sp³-hybridized carbons (Fsp3) is 0.0556. The minimum Gasteiger partial charge on any atom is -0.383 e. The first kappa shape index (κ1) is 12.4. The van der Waals surface area contributed by atoms with E-state index in [1.807, 2.05) is 18.2 Å². The fourth-order valence-electron chi connectivity index (χ4n) is 2.43. The Bertz CT molecular complexity index is 733. The van der Waals surface area contributed by atoms with Crippen molar-refractivity contribution in [3.8, 4) is 22.3 Å². The fourth-order valence-corrected chi connectivity index (χ4v) is 2.43. The van der Waals surface area contributed by atoms with Crippen molar-refractivity contribution in [3.05, 3.63) is 72.4 Å². The summed E-state index contributed by atoms with van der Waals surface area (Å²) < 4.78 is 0. The minimum absolute atomic E-state index is 0.569. The molecule has 0 atom stereocenters. The maximum absolute atomic E-state index is 5.94. The Morgan fingerprint density at radius 1 is 0.800 bits per heavy atom. The van der Waals surface area contributed by atoms with Crippen LogP contribution in [0.25, 0.3) is 22.3 Å². The number of anilines is 1. The number of nitrogens with two attached hydrogens (primary N) is 1. The maximum Gasteiger partial charge on any atom is 0.131 e. The largest absolute Gasteiger partial charge is 0.383 e. The summed E-state index contributed by atoms with van der Waals surface area (Å²) in [6.07, 6.45) is 1.71. The van der Waals surface area contributed by atoms with E-state index < -0.39 is 0 Å². The second-order valence-electron chi connectivity index (χ2n) is 4.83. The van der Waals surface area contributed by atoms with Gasteiger partial charge in [0.1, 0.15) is 5.82 Å². The molecular weight excluding hydrogens is 244 g/mol. The van der Waals surface area contributed by atoms with Crippen LogP contribution < -0.4 is 5.73 Å². The number of nitrogens with zero attached hydrogens (tertiary/aromatic N) is 1. The molecule has 3 rings (SSSR count). The van der Waals surface area contributed by atoms with Gasteiger partial charge in [-0.3, -0.25) is 0 Å². The minimum atomic E-state index is 0.569. The zero-order valence-corrected chi connectivity index (χ0v) is 11.4. The van der Waals surface area contributed by atoms with E-state index in [4.69, 9.17) is 5.73 Å². The second kappa shape index (κ2) is 5.17. The first-order valence-corrected chi connectivity index (χ1v) is 6.62. The smallest absolute Gasteiger partial charge is 0.131 e. The molecule has 20 heavy (non-hydrogen) atoms. The number of nitrogen functional groups attached to an aromatic ring is 1. The van der Waals surface area contributed by atoms with E-state index >= 15 is 0 Å². The van der Waals surface area contributed by atoms with E-state index in [0.29, 0.717) is 5.82 Å². The molecule has 0 spiro atoms. The van der Waals surface area contributed by atoms with E-state index in [0.717, 1.165) is 11.1 Å². The number of rotatable bonds is 2. The first-order chi connectivity index (χ1) is 9.75. The highest BCUT2D eigenvalue weighted by atomic mass is 14.8. The molecule has 0 unspecified atom stereocenters. The Kier molecular flexibility index (Phi) is 3.21. The number of aromatic nitrogens is 1. The van der Waals surface area contributed by atoms with Crippen molar-refractivity contribution in [2.75, 3.05) is 5.73 Å². The average Bonchev–Trinajstić information content (AvgIpc) is 2.48. The molecule has 3 aromatic rings. The SMILES string of the molecule is Cc1cc(-c2cccnc2N)ccc1-c1ccccc1. The summed E-state index contributed by atoms with van der Waals surface area (Å²) in [5.41, 5.74) is 11.7. The van der Waals surface area contributed by atoms with Crippen molar-refractivity contribution in [1.29, 1.82) is 0 Å². The Morgan fingerprint density at radius 3 is 2.30 bits per heavy atom. The summed E-state index contributed by atoms with van der Waals surface area (Å²) in [7, 11) is 0. The highest BCUT2D eigenvalue weighted by Crippen LogP contribution is 2.30. The Hall–Kier alpha value is -2.61. The molecule has 98 valence electrons. The van der Waals surface area contributed by atoms with Crippen LogP contribution in [0.1, 0.15) is 5.56 Å². The molecule has 0 fully saturated rings. The number of benzene rings is 2. The molecule has 2 aromatic carbocycles. The predicted molar refractivity (Wildman–Crippen MR) is 84.3 cm³/mol. The van der Waals surface area contributed by atoms with Gasteiger partial charge in [0, 0.05) is 11.8 Å². The lowest BCUT2D eigenvalue weighted by atomic mass is 9.96. The quantitative estimate of drug-likeness (QED) is 0.745. The van der Waals surface area contributed by atoms with E-state index in [-0.39, 0.29) is 0 Å². The third-order valence-corrected chi connectivity index (χ3v) is 3.46. The lowest BCUT2D eigenvalue weighted by Crippen LogP contribution is -1.93. The number of hydrogen-bond donors (Lipinski definition) is 1. The van der Waals surface area contributed by atoms with E-state index in [1.165, 1.54) is 16.7 Å². The highest BCUT2D eigenvalue weighted by molar-refractivity contribution is 5.78. The van der Waals surface area contributed by atoms with Gasteiger partial charge in [0.25, 0.3) is 0 Å². The molecule has 0 radical (unpaired) electrons. The standard InChI is InChI=1S/C18H16N2/c1-13-12-15(17-8-5-11-20-18(17)19)9-10-16(13)14-6-3-2-4-7-14/h2-12H,1H3,(H2,19,20). The third-order valence-electron chi connectivity index (χ3n) is 3.46. The summed E-state index contributed by atoms with van der Waals surface area (Å²) in [4.78, 5) is 4.14. The molecule has 0 amide bonds. The number of pyridine rings is 1. The van der Waals surface area contributed by atoms with Gasteiger partial charge >= 0.3 is 0 Å². The van der Waals surface area contributed by atoms with Crippen LogP contribution in [0.4, 0.5) is 5.82 Å². The molecular formula is C18H16N2. The highest BCUT2D eigenvalue weighted by Gasteiger charge is 2.06. The molecule has 0 aliphatic rings. The van der Waals surface area contributed by atoms with Gasteiger partial charge in [-0.25, -0.2) is 4.98 Å². The van der Waals surface area contributed by atoms with Crippen LogP contribution in [-0.2, 0) is 0 Å². The molecule has 0 bridgehead atoms. The van der Waals surface area contributed by atoms with Crippen molar-refractivity contribution in [2.45, 2.75) is 6.92 Å². The molecule has 0 saturated heterocycles. The van der Waals surface area contributed by atoms with Crippen molar-refractivity contribution in [1.82, 2.24) is 4.98 Å². The van der Waals surface area contributed by atoms with Crippen LogP contribution in [0.2, 0.25) is 0 Å². The van der Waals surface area contributed by atoms with Gasteiger partial charge < -0.3 is 5.73 Å². The normalized spacial score (nSPS) is 10.4. The summed E-state index contributed by atoms with van der Waals surface area (Å²) >= 11 is 0. The zero-order valence-electron chi connectivity index (χ0n) is 11.4. The molecule has 2 N–H and O–H groups in total. The van der Waals surface area contributed by atoms with Crippen LogP contribution in [-0.4, -0.2) is 4.98 Å². The van der Waals surface area contributed by atoms with Crippen molar-refractivity contribution in [3.63, 3.8) is 0 Å². The molecule has 1 heterocycles. The van der Waals surface area contributed by atoms with Crippen LogP contribution in [0.15, 0.2) is 66.9 Å². The molecule has 2 heteroatoms. The molecule has 0 saturated carbocycles. The van der Waals surface area contributed by atoms with Crippen molar-refractivity contribution in [2.24, 2.45) is 0 Å². The third kappa shape index (κ3) is 2.28. The summed E-state index contributed by atoms with van der Waals surface area (Å²) in [6, 6.07) is 20.7. The molecule has 1 aromatic heterocycles. The van der Waals surface area contributed by atoms with Crippen LogP contribution in [0, 0.1) is 6.92 Å². The number of hydrogen-bond acceptors (Lipinski definition) is 2. The van der Waals surface area contributed by atoms with E-state index in [1.54, 1.807) is 6.20 Å². The topological polar surface area (TPSA) is 38.9 Å². The lowest BCUT2D eigenvalue weighted by Gasteiger charge is -2.10. The average molecular weight is 260 g/mol.